The second-order valence-electron chi connectivity index (χ2n) is 7.48. The minimum Gasteiger partial charge on any atom is -0.352 e. The molecule has 0 N–H and O–H groups in total. The van der Waals surface area contributed by atoms with Gasteiger partial charge in [0.05, 0.1) is 16.4 Å². The minimum absolute atomic E-state index is 0.601. The minimum atomic E-state index is 0.601. The Morgan fingerprint density at radius 2 is 1.93 bits per heavy atom. The lowest BCUT2D eigenvalue weighted by Gasteiger charge is -2.29. The molecule has 0 aromatic carbocycles. The number of hydrogen-bond acceptors (Lipinski definition) is 6. The van der Waals surface area contributed by atoms with Crippen molar-refractivity contribution in [1.82, 2.24) is 29.5 Å². The third-order valence-corrected chi connectivity index (χ3v) is 5.59. The van der Waals surface area contributed by atoms with Gasteiger partial charge >= 0.3 is 0 Å². The highest BCUT2D eigenvalue weighted by Gasteiger charge is 2.21. The van der Waals surface area contributed by atoms with Crippen molar-refractivity contribution in [2.75, 3.05) is 11.4 Å². The van der Waals surface area contributed by atoms with Crippen LogP contribution < -0.4 is 4.90 Å². The van der Waals surface area contributed by atoms with E-state index in [-0.39, 0.29) is 0 Å². The Morgan fingerprint density at radius 3 is 2.73 bits per heavy atom. The lowest BCUT2D eigenvalue weighted by molar-refractivity contribution is 0.690. The van der Waals surface area contributed by atoms with E-state index in [2.05, 4.69) is 37.8 Å². The maximum Gasteiger partial charge on any atom is 0.235 e. The Morgan fingerprint density at radius 1 is 1.03 bits per heavy atom. The molecule has 1 aliphatic rings. The van der Waals surface area contributed by atoms with Gasteiger partial charge < -0.3 is 4.90 Å². The van der Waals surface area contributed by atoms with Crippen molar-refractivity contribution < 1.29 is 0 Å². The van der Waals surface area contributed by atoms with Crippen LogP contribution in [0, 0.1) is 13.8 Å². The van der Waals surface area contributed by atoms with E-state index in [0.717, 1.165) is 52.4 Å². The van der Waals surface area contributed by atoms with Gasteiger partial charge in [-0.2, -0.15) is 0 Å². The molecule has 0 radical (unpaired) electrons. The molecule has 8 heteroatoms. The Kier molecular flexibility index (Phi) is 4.67. The van der Waals surface area contributed by atoms with Crippen molar-refractivity contribution in [3.05, 3.63) is 76.9 Å². The number of imidazole rings is 1. The number of aryl methyl sites for hydroxylation is 2. The van der Waals surface area contributed by atoms with Gasteiger partial charge in [0, 0.05) is 61.6 Å². The van der Waals surface area contributed by atoms with Crippen molar-refractivity contribution >= 4 is 17.4 Å². The van der Waals surface area contributed by atoms with E-state index in [1.54, 1.807) is 18.7 Å². The zero-order valence-electron chi connectivity index (χ0n) is 16.7. The van der Waals surface area contributed by atoms with Crippen LogP contribution in [0.3, 0.4) is 0 Å². The standard InChI is InChI=1S/C22H20ClN7/c1-14-7-15(2)21(26-9-14)17-8-20(25-11-18(17)23)29-5-3-19-16(12-29)10-27-22(28-19)30-6-4-24-13-30/h4,6-11,13H,3,5,12H2,1-2H3. The molecule has 4 aromatic heterocycles. The van der Waals surface area contributed by atoms with Crippen LogP contribution in [0.2, 0.25) is 5.02 Å². The summed E-state index contributed by atoms with van der Waals surface area (Å²) < 4.78 is 1.82. The smallest absolute Gasteiger partial charge is 0.235 e. The number of anilines is 1. The normalized spacial score (nSPS) is 13.4. The van der Waals surface area contributed by atoms with Gasteiger partial charge in [0.1, 0.15) is 12.1 Å². The number of aromatic nitrogens is 6. The second kappa shape index (κ2) is 7.50. The number of rotatable bonds is 3. The van der Waals surface area contributed by atoms with Crippen LogP contribution in [0.4, 0.5) is 5.82 Å². The SMILES string of the molecule is Cc1cnc(-c2cc(N3CCc4nc(-n5ccnc5)ncc4C3)ncc2Cl)c(C)c1. The highest BCUT2D eigenvalue weighted by molar-refractivity contribution is 6.33. The highest BCUT2D eigenvalue weighted by atomic mass is 35.5. The van der Waals surface area contributed by atoms with Gasteiger partial charge in [-0.3, -0.25) is 9.55 Å². The summed E-state index contributed by atoms with van der Waals surface area (Å²) in [6.45, 7) is 5.61. The van der Waals surface area contributed by atoms with Crippen molar-refractivity contribution in [1.29, 1.82) is 0 Å². The summed E-state index contributed by atoms with van der Waals surface area (Å²) in [5.41, 5.74) is 6.18. The van der Waals surface area contributed by atoms with Crippen LogP contribution in [0.25, 0.3) is 17.2 Å². The summed E-state index contributed by atoms with van der Waals surface area (Å²) in [4.78, 5) is 24.7. The summed E-state index contributed by atoms with van der Waals surface area (Å²) in [6, 6.07) is 4.14. The third-order valence-electron chi connectivity index (χ3n) is 5.29. The number of halogens is 1. The Bertz CT molecular complexity index is 1220. The van der Waals surface area contributed by atoms with E-state index in [9.17, 15) is 0 Å². The predicted octanol–water partition coefficient (Wildman–Crippen LogP) is 3.95. The van der Waals surface area contributed by atoms with Crippen LogP contribution in [-0.4, -0.2) is 36.0 Å². The molecule has 0 atom stereocenters. The summed E-state index contributed by atoms with van der Waals surface area (Å²) in [5.74, 6) is 1.52. The lowest BCUT2D eigenvalue weighted by Crippen LogP contribution is -2.32. The third kappa shape index (κ3) is 3.41. The Balaban J connectivity index is 1.45. The molecule has 1 aliphatic heterocycles. The van der Waals surface area contributed by atoms with Crippen LogP contribution in [0.1, 0.15) is 22.4 Å². The number of nitrogens with zero attached hydrogens (tertiary/aromatic N) is 7. The molecule has 4 aromatic rings. The van der Waals surface area contributed by atoms with Gasteiger partial charge in [-0.1, -0.05) is 17.7 Å². The summed E-state index contributed by atoms with van der Waals surface area (Å²) in [7, 11) is 0. The average molecular weight is 418 g/mol. The molecule has 0 amide bonds. The van der Waals surface area contributed by atoms with Gasteiger partial charge in [0.25, 0.3) is 0 Å². The fourth-order valence-corrected chi connectivity index (χ4v) is 3.98. The topological polar surface area (TPSA) is 72.6 Å². The molecule has 0 saturated carbocycles. The molecule has 150 valence electrons. The van der Waals surface area contributed by atoms with Crippen LogP contribution in [-0.2, 0) is 13.0 Å². The zero-order chi connectivity index (χ0) is 20.7. The molecule has 0 unspecified atom stereocenters. The fraction of sp³-hybridized carbons (Fsp3) is 0.227. The summed E-state index contributed by atoms with van der Waals surface area (Å²) >= 11 is 6.48. The van der Waals surface area contributed by atoms with E-state index < -0.39 is 0 Å². The van der Waals surface area contributed by atoms with Gasteiger partial charge in [-0.05, 0) is 31.0 Å². The average Bonchev–Trinajstić information content (AvgIpc) is 3.29. The maximum absolute atomic E-state index is 6.48. The van der Waals surface area contributed by atoms with E-state index in [4.69, 9.17) is 16.6 Å². The number of hydrogen-bond donors (Lipinski definition) is 0. The molecular weight excluding hydrogens is 398 g/mol. The van der Waals surface area contributed by atoms with Crippen molar-refractivity contribution in [3.8, 4) is 17.2 Å². The lowest BCUT2D eigenvalue weighted by atomic mass is 10.0. The first-order valence-corrected chi connectivity index (χ1v) is 10.1. The first-order chi connectivity index (χ1) is 14.6. The molecule has 7 nitrogen and oxygen atoms in total. The molecule has 0 aliphatic carbocycles. The summed E-state index contributed by atoms with van der Waals surface area (Å²) in [5, 5.41) is 0.601. The van der Waals surface area contributed by atoms with Crippen molar-refractivity contribution in [2.45, 2.75) is 26.8 Å². The van der Waals surface area contributed by atoms with Crippen molar-refractivity contribution in [3.63, 3.8) is 0 Å². The maximum atomic E-state index is 6.48. The van der Waals surface area contributed by atoms with Gasteiger partial charge in [-0.15, -0.1) is 0 Å². The molecular formula is C22H20ClN7. The van der Waals surface area contributed by atoms with Crippen molar-refractivity contribution in [2.24, 2.45) is 0 Å². The quantitative estimate of drug-likeness (QED) is 0.502. The molecule has 0 spiro atoms. The predicted molar refractivity (Wildman–Crippen MR) is 116 cm³/mol. The van der Waals surface area contributed by atoms with Crippen LogP contribution >= 0.6 is 11.6 Å². The van der Waals surface area contributed by atoms with Crippen LogP contribution in [0.15, 0.2) is 49.4 Å². The molecule has 30 heavy (non-hydrogen) atoms. The zero-order valence-corrected chi connectivity index (χ0v) is 17.5. The van der Waals surface area contributed by atoms with Gasteiger partial charge in [0.15, 0.2) is 0 Å². The van der Waals surface area contributed by atoms with E-state index in [1.807, 2.05) is 36.1 Å². The van der Waals surface area contributed by atoms with Gasteiger partial charge in [-0.25, -0.2) is 19.9 Å². The monoisotopic (exact) mass is 417 g/mol. The second-order valence-corrected chi connectivity index (χ2v) is 7.89. The number of pyridine rings is 2. The van der Waals surface area contributed by atoms with Gasteiger partial charge in [0.2, 0.25) is 5.95 Å². The molecule has 5 rings (SSSR count). The highest BCUT2D eigenvalue weighted by Crippen LogP contribution is 2.32. The molecule has 5 heterocycles. The van der Waals surface area contributed by atoms with E-state index in [1.165, 1.54) is 0 Å². The Labute approximate surface area is 179 Å². The Hall–Kier alpha value is -3.32. The van der Waals surface area contributed by atoms with Crippen LogP contribution in [0.5, 0.6) is 0 Å². The molecule has 0 fully saturated rings. The first kappa shape index (κ1) is 18.7. The molecule has 0 saturated heterocycles. The fourth-order valence-electron chi connectivity index (χ4n) is 3.78. The first-order valence-electron chi connectivity index (χ1n) is 9.76. The largest absolute Gasteiger partial charge is 0.352 e. The molecule has 0 bridgehead atoms. The van der Waals surface area contributed by atoms with E-state index >= 15 is 0 Å². The van der Waals surface area contributed by atoms with E-state index in [0.29, 0.717) is 17.5 Å². The number of fused-ring (bicyclic) bond motifs is 1. The summed E-state index contributed by atoms with van der Waals surface area (Å²) in [6.07, 6.45) is 11.6.